The van der Waals surface area contributed by atoms with E-state index in [-0.39, 0.29) is 5.56 Å². The van der Waals surface area contributed by atoms with Crippen LogP contribution in [-0.2, 0) is 0 Å². The topological polar surface area (TPSA) is 66.3 Å². The third-order valence-corrected chi connectivity index (χ3v) is 4.10. The number of nitrogens with zero attached hydrogens (tertiary/aromatic N) is 3. The van der Waals surface area contributed by atoms with Crippen molar-refractivity contribution in [2.75, 3.05) is 18.0 Å². The fourth-order valence-electron chi connectivity index (χ4n) is 2.95. The summed E-state index contributed by atoms with van der Waals surface area (Å²) in [4.78, 5) is 22.2. The van der Waals surface area contributed by atoms with Crippen molar-refractivity contribution >= 4 is 22.8 Å². The summed E-state index contributed by atoms with van der Waals surface area (Å²) in [5, 5.41) is 9.74. The minimum atomic E-state index is -0.940. The van der Waals surface area contributed by atoms with Crippen LogP contribution in [0.2, 0.25) is 0 Å². The highest BCUT2D eigenvalue weighted by Gasteiger charge is 2.45. The first-order chi connectivity index (χ1) is 9.22. The molecule has 1 aliphatic carbocycles. The van der Waals surface area contributed by atoms with Crippen LogP contribution in [0.3, 0.4) is 0 Å². The molecule has 2 aliphatic rings. The van der Waals surface area contributed by atoms with Crippen molar-refractivity contribution in [3.05, 3.63) is 30.0 Å². The molecule has 1 aromatic carbocycles. The van der Waals surface area contributed by atoms with Crippen molar-refractivity contribution in [3.63, 3.8) is 0 Å². The minimum Gasteiger partial charge on any atom is -0.478 e. The Morgan fingerprint density at radius 2 is 2.11 bits per heavy atom. The molecule has 1 aliphatic heterocycles. The Labute approximate surface area is 109 Å². The quantitative estimate of drug-likeness (QED) is 0.886. The minimum absolute atomic E-state index is 0.258. The summed E-state index contributed by atoms with van der Waals surface area (Å²) in [7, 11) is 0. The predicted molar refractivity (Wildman–Crippen MR) is 70.3 cm³/mol. The molecule has 0 radical (unpaired) electrons. The number of rotatable bonds is 2. The molecular formula is C14H13N3O2. The number of piperidine rings is 1. The Hall–Kier alpha value is -2.17. The number of carboxylic acids is 1. The van der Waals surface area contributed by atoms with Crippen LogP contribution in [0.1, 0.15) is 16.8 Å². The molecule has 4 rings (SSSR count). The van der Waals surface area contributed by atoms with Gasteiger partial charge in [0.05, 0.1) is 11.1 Å². The number of hydrogen-bond acceptors (Lipinski definition) is 4. The van der Waals surface area contributed by atoms with Gasteiger partial charge in [-0.15, -0.1) is 0 Å². The van der Waals surface area contributed by atoms with Crippen LogP contribution in [0.15, 0.2) is 24.4 Å². The number of fused-ring (bicyclic) bond motifs is 2. The second-order valence-electron chi connectivity index (χ2n) is 5.37. The number of carboxylic acid groups (broad SMARTS) is 1. The molecule has 1 N–H and O–H groups in total. The van der Waals surface area contributed by atoms with Crippen LogP contribution in [0.4, 0.5) is 5.95 Å². The van der Waals surface area contributed by atoms with Gasteiger partial charge < -0.3 is 10.0 Å². The zero-order valence-electron chi connectivity index (χ0n) is 10.3. The molecular weight excluding hydrogens is 242 g/mol. The summed E-state index contributed by atoms with van der Waals surface area (Å²) in [5.74, 6) is 1.43. The lowest BCUT2D eigenvalue weighted by Crippen LogP contribution is -2.24. The molecule has 5 nitrogen and oxygen atoms in total. The summed E-state index contributed by atoms with van der Waals surface area (Å²) < 4.78 is 0. The molecule has 1 aromatic heterocycles. The number of hydrogen-bond donors (Lipinski definition) is 1. The maximum Gasteiger partial charge on any atom is 0.336 e. The van der Waals surface area contributed by atoms with Gasteiger partial charge in [-0.1, -0.05) is 6.07 Å². The smallest absolute Gasteiger partial charge is 0.336 e. The van der Waals surface area contributed by atoms with E-state index in [4.69, 9.17) is 5.11 Å². The largest absolute Gasteiger partial charge is 0.478 e. The maximum absolute atomic E-state index is 11.1. The van der Waals surface area contributed by atoms with Crippen molar-refractivity contribution < 1.29 is 9.90 Å². The first-order valence-electron chi connectivity index (χ1n) is 6.46. The molecule has 2 fully saturated rings. The molecule has 2 unspecified atom stereocenters. The number of anilines is 1. The molecule has 19 heavy (non-hydrogen) atoms. The zero-order chi connectivity index (χ0) is 13.0. The monoisotopic (exact) mass is 255 g/mol. The van der Waals surface area contributed by atoms with E-state index in [1.165, 1.54) is 6.42 Å². The van der Waals surface area contributed by atoms with Gasteiger partial charge in [-0.05, 0) is 30.4 Å². The lowest BCUT2D eigenvalue weighted by Gasteiger charge is -2.17. The molecule has 1 saturated heterocycles. The third kappa shape index (κ3) is 1.65. The van der Waals surface area contributed by atoms with E-state index in [1.807, 2.05) is 6.07 Å². The van der Waals surface area contributed by atoms with Gasteiger partial charge in [0, 0.05) is 24.7 Å². The van der Waals surface area contributed by atoms with E-state index in [0.29, 0.717) is 10.9 Å². The highest BCUT2D eigenvalue weighted by molar-refractivity contribution is 6.02. The average molecular weight is 255 g/mol. The van der Waals surface area contributed by atoms with Gasteiger partial charge in [-0.2, -0.15) is 0 Å². The lowest BCUT2D eigenvalue weighted by atomic mass is 10.1. The lowest BCUT2D eigenvalue weighted by molar-refractivity contribution is 0.0699. The third-order valence-electron chi connectivity index (χ3n) is 4.10. The molecule has 0 amide bonds. The Bertz CT molecular complexity index is 675. The van der Waals surface area contributed by atoms with Gasteiger partial charge in [-0.3, -0.25) is 0 Å². The molecule has 2 aromatic rings. The van der Waals surface area contributed by atoms with E-state index in [1.54, 1.807) is 18.3 Å². The molecule has 2 heterocycles. The molecule has 1 saturated carbocycles. The van der Waals surface area contributed by atoms with Gasteiger partial charge in [0.25, 0.3) is 0 Å². The average Bonchev–Trinajstić information content (AvgIpc) is 3.03. The van der Waals surface area contributed by atoms with Crippen molar-refractivity contribution in [1.29, 1.82) is 0 Å². The number of benzene rings is 1. The van der Waals surface area contributed by atoms with Crippen LogP contribution in [0, 0.1) is 11.8 Å². The van der Waals surface area contributed by atoms with Gasteiger partial charge in [0.15, 0.2) is 0 Å². The fraction of sp³-hybridized carbons (Fsp3) is 0.357. The normalized spacial score (nSPS) is 24.5. The summed E-state index contributed by atoms with van der Waals surface area (Å²) >= 11 is 0. The van der Waals surface area contributed by atoms with Gasteiger partial charge in [0.1, 0.15) is 0 Å². The number of aromatic nitrogens is 2. The van der Waals surface area contributed by atoms with Crippen LogP contribution in [0.5, 0.6) is 0 Å². The zero-order valence-corrected chi connectivity index (χ0v) is 10.3. The molecule has 0 bridgehead atoms. The summed E-state index contributed by atoms with van der Waals surface area (Å²) in [6.07, 6.45) is 2.97. The van der Waals surface area contributed by atoms with E-state index in [2.05, 4.69) is 14.9 Å². The first-order valence-corrected chi connectivity index (χ1v) is 6.46. The second kappa shape index (κ2) is 3.66. The van der Waals surface area contributed by atoms with Gasteiger partial charge in [-0.25, -0.2) is 14.8 Å². The van der Waals surface area contributed by atoms with Crippen LogP contribution in [0.25, 0.3) is 10.9 Å². The van der Waals surface area contributed by atoms with E-state index in [9.17, 15) is 4.79 Å². The van der Waals surface area contributed by atoms with E-state index < -0.39 is 5.97 Å². The van der Waals surface area contributed by atoms with Crippen molar-refractivity contribution in [1.82, 2.24) is 9.97 Å². The number of aromatic carboxylic acids is 1. The van der Waals surface area contributed by atoms with E-state index in [0.717, 1.165) is 30.9 Å². The SMILES string of the molecule is O=C(O)c1cccc2nc(N3CC4CC4C3)ncc12. The van der Waals surface area contributed by atoms with Crippen LogP contribution < -0.4 is 4.90 Å². The van der Waals surface area contributed by atoms with Crippen molar-refractivity contribution in [2.24, 2.45) is 11.8 Å². The molecule has 2 atom stereocenters. The Kier molecular flexibility index (Phi) is 2.07. The summed E-state index contributed by atoms with van der Waals surface area (Å²) in [5.41, 5.74) is 0.957. The maximum atomic E-state index is 11.1. The van der Waals surface area contributed by atoms with Crippen LogP contribution in [-0.4, -0.2) is 34.1 Å². The molecule has 0 spiro atoms. The van der Waals surface area contributed by atoms with E-state index >= 15 is 0 Å². The Balaban J connectivity index is 1.77. The molecule has 96 valence electrons. The highest BCUT2D eigenvalue weighted by atomic mass is 16.4. The second-order valence-corrected chi connectivity index (χ2v) is 5.37. The van der Waals surface area contributed by atoms with Crippen LogP contribution >= 0.6 is 0 Å². The van der Waals surface area contributed by atoms with Gasteiger partial charge >= 0.3 is 5.97 Å². The fourth-order valence-corrected chi connectivity index (χ4v) is 2.95. The van der Waals surface area contributed by atoms with Crippen molar-refractivity contribution in [3.8, 4) is 0 Å². The first kappa shape index (κ1) is 10.7. The highest BCUT2D eigenvalue weighted by Crippen LogP contribution is 2.45. The number of carbonyl (C=O) groups is 1. The van der Waals surface area contributed by atoms with Gasteiger partial charge in [0.2, 0.25) is 5.95 Å². The predicted octanol–water partition coefficient (Wildman–Crippen LogP) is 1.78. The Morgan fingerprint density at radius 3 is 2.84 bits per heavy atom. The summed E-state index contributed by atoms with van der Waals surface area (Å²) in [6.45, 7) is 2.07. The Morgan fingerprint density at radius 1 is 1.32 bits per heavy atom. The summed E-state index contributed by atoms with van der Waals surface area (Å²) in [6, 6.07) is 5.15. The van der Waals surface area contributed by atoms with Crippen molar-refractivity contribution in [2.45, 2.75) is 6.42 Å². The molecule has 5 heteroatoms. The standard InChI is InChI=1S/C14H13N3O2/c18-13(19)10-2-1-3-12-11(10)5-15-14(16-12)17-6-8-4-9(8)7-17/h1-3,5,8-9H,4,6-7H2,(H,18,19).